The number of rotatable bonds is 9. The zero-order chi connectivity index (χ0) is 18.0. The van der Waals surface area contributed by atoms with E-state index >= 15 is 0 Å². The van der Waals surface area contributed by atoms with Crippen LogP contribution in [-0.4, -0.2) is 40.9 Å². The van der Waals surface area contributed by atoms with Crippen molar-refractivity contribution >= 4 is 6.21 Å². The van der Waals surface area contributed by atoms with Gasteiger partial charge in [0.1, 0.15) is 31.6 Å². The molecular formula is C19H20N4O3. The minimum Gasteiger partial charge on any atom is -0.490 e. The molecule has 0 atom stereocenters. The molecule has 0 N–H and O–H groups in total. The molecule has 0 bridgehead atoms. The first-order valence-electron chi connectivity index (χ1n) is 8.31. The smallest absolute Gasteiger partial charge is 0.161 e. The van der Waals surface area contributed by atoms with Crippen LogP contribution >= 0.6 is 0 Å². The Balaban J connectivity index is 1.59. The van der Waals surface area contributed by atoms with Crippen molar-refractivity contribution in [1.29, 1.82) is 0 Å². The Morgan fingerprint density at radius 2 is 1.69 bits per heavy atom. The highest BCUT2D eigenvalue weighted by molar-refractivity contribution is 5.80. The zero-order valence-electron chi connectivity index (χ0n) is 14.5. The molecule has 0 saturated carbocycles. The maximum atomic E-state index is 5.80. The summed E-state index contributed by atoms with van der Waals surface area (Å²) in [6, 6.07) is 15.3. The quantitative estimate of drug-likeness (QED) is 0.437. The maximum Gasteiger partial charge on any atom is 0.161 e. The van der Waals surface area contributed by atoms with E-state index in [1.54, 1.807) is 6.21 Å². The van der Waals surface area contributed by atoms with Gasteiger partial charge in [-0.1, -0.05) is 18.2 Å². The summed E-state index contributed by atoms with van der Waals surface area (Å²) < 4.78 is 18.6. The van der Waals surface area contributed by atoms with Crippen molar-refractivity contribution in [2.75, 3.05) is 19.8 Å². The van der Waals surface area contributed by atoms with Crippen LogP contribution in [-0.2, 0) is 0 Å². The third-order valence-corrected chi connectivity index (χ3v) is 3.37. The van der Waals surface area contributed by atoms with Gasteiger partial charge in [-0.2, -0.15) is 5.10 Å². The molecular weight excluding hydrogens is 332 g/mol. The Kier molecular flexibility index (Phi) is 6.19. The average molecular weight is 352 g/mol. The Hall–Kier alpha value is -3.35. The number of benzene rings is 2. The second-order valence-corrected chi connectivity index (χ2v) is 5.24. The van der Waals surface area contributed by atoms with Crippen molar-refractivity contribution in [2.45, 2.75) is 6.92 Å². The zero-order valence-corrected chi connectivity index (χ0v) is 14.5. The molecule has 7 nitrogen and oxygen atoms in total. The normalized spacial score (nSPS) is 10.8. The third-order valence-electron chi connectivity index (χ3n) is 3.37. The van der Waals surface area contributed by atoms with Crippen molar-refractivity contribution in [3.8, 4) is 17.2 Å². The highest BCUT2D eigenvalue weighted by Crippen LogP contribution is 2.28. The summed E-state index contributed by atoms with van der Waals surface area (Å²) in [6.07, 6.45) is 4.74. The Labute approximate surface area is 151 Å². The van der Waals surface area contributed by atoms with Crippen LogP contribution in [0.15, 0.2) is 66.3 Å². The predicted molar refractivity (Wildman–Crippen MR) is 98.1 cm³/mol. The number of para-hydroxylation sites is 1. The van der Waals surface area contributed by atoms with E-state index in [1.165, 1.54) is 17.3 Å². The van der Waals surface area contributed by atoms with E-state index in [4.69, 9.17) is 14.2 Å². The van der Waals surface area contributed by atoms with E-state index in [0.29, 0.717) is 31.3 Å². The summed E-state index contributed by atoms with van der Waals surface area (Å²) >= 11 is 0. The molecule has 0 aliphatic heterocycles. The lowest BCUT2D eigenvalue weighted by Crippen LogP contribution is -2.10. The number of nitrogens with zero attached hydrogens (tertiary/aromatic N) is 4. The molecule has 134 valence electrons. The van der Waals surface area contributed by atoms with Crippen LogP contribution in [0.2, 0.25) is 0 Å². The lowest BCUT2D eigenvalue weighted by Gasteiger charge is -2.13. The Morgan fingerprint density at radius 1 is 0.923 bits per heavy atom. The van der Waals surface area contributed by atoms with Crippen molar-refractivity contribution in [2.24, 2.45) is 5.10 Å². The first kappa shape index (κ1) is 17.5. The average Bonchev–Trinajstić information content (AvgIpc) is 3.19. The summed E-state index contributed by atoms with van der Waals surface area (Å²) in [5.41, 5.74) is 0.884. The SMILES string of the molecule is CCOc1cc(/C=N\n2cnnc2)ccc1OCCOc1ccccc1. The molecule has 7 heteroatoms. The van der Waals surface area contributed by atoms with Crippen LogP contribution in [0.1, 0.15) is 12.5 Å². The first-order chi connectivity index (χ1) is 12.8. The standard InChI is InChI=1S/C19H20N4O3/c1-2-24-19-12-16(13-22-23-14-20-21-15-23)8-9-18(19)26-11-10-25-17-6-4-3-5-7-17/h3-9,12-15H,2,10-11H2,1H3/b22-13-. The molecule has 0 fully saturated rings. The Morgan fingerprint density at radius 3 is 2.46 bits per heavy atom. The second kappa shape index (κ2) is 9.22. The molecule has 1 heterocycles. The van der Waals surface area contributed by atoms with Gasteiger partial charge in [0.25, 0.3) is 0 Å². The monoisotopic (exact) mass is 352 g/mol. The molecule has 0 aliphatic rings. The molecule has 2 aromatic carbocycles. The molecule has 0 saturated heterocycles. The molecule has 0 amide bonds. The van der Waals surface area contributed by atoms with E-state index in [1.807, 2.05) is 55.5 Å². The van der Waals surface area contributed by atoms with Gasteiger partial charge in [0.15, 0.2) is 11.5 Å². The van der Waals surface area contributed by atoms with Gasteiger partial charge >= 0.3 is 0 Å². The van der Waals surface area contributed by atoms with E-state index in [-0.39, 0.29) is 0 Å². The van der Waals surface area contributed by atoms with Crippen LogP contribution in [0.3, 0.4) is 0 Å². The second-order valence-electron chi connectivity index (χ2n) is 5.24. The maximum absolute atomic E-state index is 5.80. The largest absolute Gasteiger partial charge is 0.490 e. The highest BCUT2D eigenvalue weighted by atomic mass is 16.5. The van der Waals surface area contributed by atoms with Crippen molar-refractivity contribution in [3.63, 3.8) is 0 Å². The van der Waals surface area contributed by atoms with E-state index < -0.39 is 0 Å². The Bertz CT molecular complexity index is 820. The number of ether oxygens (including phenoxy) is 3. The van der Waals surface area contributed by atoms with E-state index in [9.17, 15) is 0 Å². The minimum atomic E-state index is 0.420. The summed E-state index contributed by atoms with van der Waals surface area (Å²) in [7, 11) is 0. The number of hydrogen-bond acceptors (Lipinski definition) is 6. The van der Waals surface area contributed by atoms with Crippen LogP contribution in [0, 0.1) is 0 Å². The minimum absolute atomic E-state index is 0.420. The van der Waals surface area contributed by atoms with Crippen molar-refractivity contribution < 1.29 is 14.2 Å². The fraction of sp³-hybridized carbons (Fsp3) is 0.211. The van der Waals surface area contributed by atoms with Gasteiger partial charge in [-0.05, 0) is 42.8 Å². The molecule has 3 aromatic rings. The molecule has 0 unspecified atom stereocenters. The fourth-order valence-corrected chi connectivity index (χ4v) is 2.21. The van der Waals surface area contributed by atoms with Crippen molar-refractivity contribution in [1.82, 2.24) is 14.9 Å². The molecule has 3 rings (SSSR count). The van der Waals surface area contributed by atoms with Gasteiger partial charge in [0, 0.05) is 0 Å². The van der Waals surface area contributed by atoms with Gasteiger partial charge < -0.3 is 14.2 Å². The molecule has 26 heavy (non-hydrogen) atoms. The van der Waals surface area contributed by atoms with Crippen LogP contribution in [0.4, 0.5) is 0 Å². The van der Waals surface area contributed by atoms with E-state index in [0.717, 1.165) is 11.3 Å². The lowest BCUT2D eigenvalue weighted by atomic mass is 10.2. The fourth-order valence-electron chi connectivity index (χ4n) is 2.21. The molecule has 0 aliphatic carbocycles. The summed E-state index contributed by atoms with van der Waals surface area (Å²) in [5.74, 6) is 2.16. The summed E-state index contributed by atoms with van der Waals surface area (Å²) in [5, 5.41) is 11.6. The number of aromatic nitrogens is 3. The van der Waals surface area contributed by atoms with Crippen LogP contribution in [0.5, 0.6) is 17.2 Å². The molecule has 0 radical (unpaired) electrons. The first-order valence-corrected chi connectivity index (χ1v) is 8.31. The van der Waals surface area contributed by atoms with Crippen LogP contribution in [0.25, 0.3) is 0 Å². The lowest BCUT2D eigenvalue weighted by molar-refractivity contribution is 0.208. The van der Waals surface area contributed by atoms with Crippen LogP contribution < -0.4 is 14.2 Å². The third kappa shape index (κ3) is 5.07. The van der Waals surface area contributed by atoms with Gasteiger partial charge in [-0.15, -0.1) is 10.2 Å². The summed E-state index contributed by atoms with van der Waals surface area (Å²) in [4.78, 5) is 0. The van der Waals surface area contributed by atoms with E-state index in [2.05, 4.69) is 15.3 Å². The summed E-state index contributed by atoms with van der Waals surface area (Å²) in [6.45, 7) is 3.35. The van der Waals surface area contributed by atoms with Crippen molar-refractivity contribution in [3.05, 3.63) is 66.7 Å². The molecule has 1 aromatic heterocycles. The predicted octanol–water partition coefficient (Wildman–Crippen LogP) is 3.02. The van der Waals surface area contributed by atoms with Gasteiger partial charge in [-0.3, -0.25) is 0 Å². The number of hydrogen-bond donors (Lipinski definition) is 0. The van der Waals surface area contributed by atoms with Gasteiger partial charge in [0.05, 0.1) is 12.8 Å². The highest BCUT2D eigenvalue weighted by Gasteiger charge is 2.06. The topological polar surface area (TPSA) is 70.8 Å². The molecule has 0 spiro atoms. The van der Waals surface area contributed by atoms with Gasteiger partial charge in [0.2, 0.25) is 0 Å². The van der Waals surface area contributed by atoms with Gasteiger partial charge in [-0.25, -0.2) is 4.68 Å².